The lowest BCUT2D eigenvalue weighted by molar-refractivity contribution is 0.0882. The highest BCUT2D eigenvalue weighted by Crippen LogP contribution is 2.32. The molecule has 0 spiro atoms. The second-order valence-electron chi connectivity index (χ2n) is 10.8. The number of pyridine rings is 1. The van der Waals surface area contributed by atoms with Crippen molar-refractivity contribution in [3.63, 3.8) is 0 Å². The average molecular weight is 632 g/mol. The van der Waals surface area contributed by atoms with Gasteiger partial charge < -0.3 is 9.30 Å². The molecule has 220 valence electrons. The van der Waals surface area contributed by atoms with Gasteiger partial charge in [-0.3, -0.25) is 9.71 Å². The summed E-state index contributed by atoms with van der Waals surface area (Å²) in [6.45, 7) is 9.26. The van der Waals surface area contributed by atoms with Crippen molar-refractivity contribution in [2.75, 3.05) is 11.3 Å². The minimum atomic E-state index is -4.29. The normalized spacial score (nSPS) is 12.3. The van der Waals surface area contributed by atoms with Crippen LogP contribution in [-0.4, -0.2) is 52.2 Å². The SMILES string of the molecule is Cc1ncc(Cl)cc1S(=O)(=O)Nc1ccc(F)c(-c2ccc3c(-c4nccn4COCC[Si](C)(C)C)ncn3n2)c1F. The predicted molar refractivity (Wildman–Crippen MR) is 158 cm³/mol. The number of halogens is 3. The van der Waals surface area contributed by atoms with E-state index in [1.165, 1.54) is 36.1 Å². The smallest absolute Gasteiger partial charge is 0.263 e. The molecule has 5 rings (SSSR count). The summed E-state index contributed by atoms with van der Waals surface area (Å²) in [6, 6.07) is 7.24. The Hall–Kier alpha value is -3.72. The number of hydrogen-bond acceptors (Lipinski definition) is 7. The summed E-state index contributed by atoms with van der Waals surface area (Å²) in [5, 5.41) is 4.45. The Morgan fingerprint density at radius 1 is 1.10 bits per heavy atom. The van der Waals surface area contributed by atoms with Crippen LogP contribution in [0.25, 0.3) is 28.3 Å². The molecule has 0 bridgehead atoms. The molecule has 0 aliphatic heterocycles. The summed E-state index contributed by atoms with van der Waals surface area (Å²) >= 11 is 5.91. The average Bonchev–Trinajstić information content (AvgIpc) is 3.55. The van der Waals surface area contributed by atoms with E-state index in [-0.39, 0.29) is 21.3 Å². The molecule has 0 amide bonds. The van der Waals surface area contributed by atoms with E-state index >= 15 is 4.39 Å². The molecule has 0 atom stereocenters. The van der Waals surface area contributed by atoms with Gasteiger partial charge in [0.05, 0.1) is 33.2 Å². The fourth-order valence-electron chi connectivity index (χ4n) is 4.20. The minimum Gasteiger partial charge on any atom is -0.361 e. The third-order valence-electron chi connectivity index (χ3n) is 6.44. The molecule has 1 aromatic carbocycles. The Kier molecular flexibility index (Phi) is 8.16. The fourth-order valence-corrected chi connectivity index (χ4v) is 6.46. The first-order valence-electron chi connectivity index (χ1n) is 12.9. The molecule has 0 fully saturated rings. The molecule has 5 aromatic rings. The van der Waals surface area contributed by atoms with Crippen LogP contribution in [0.3, 0.4) is 0 Å². The number of imidazole rings is 2. The summed E-state index contributed by atoms with van der Waals surface area (Å²) in [7, 11) is -5.52. The highest BCUT2D eigenvalue weighted by Gasteiger charge is 2.24. The van der Waals surface area contributed by atoms with Crippen molar-refractivity contribution < 1.29 is 21.9 Å². The monoisotopic (exact) mass is 631 g/mol. The van der Waals surface area contributed by atoms with Crippen LogP contribution >= 0.6 is 11.6 Å². The molecule has 15 heteroatoms. The number of aromatic nitrogens is 6. The molecule has 0 saturated carbocycles. The van der Waals surface area contributed by atoms with Crippen molar-refractivity contribution in [3.8, 4) is 22.8 Å². The summed E-state index contributed by atoms with van der Waals surface area (Å²) in [5.41, 5.74) is 0.189. The third kappa shape index (κ3) is 6.21. The molecule has 10 nitrogen and oxygen atoms in total. The van der Waals surface area contributed by atoms with Crippen molar-refractivity contribution >= 4 is 40.9 Å². The highest BCUT2D eigenvalue weighted by atomic mass is 35.5. The van der Waals surface area contributed by atoms with E-state index in [0.717, 1.165) is 18.2 Å². The van der Waals surface area contributed by atoms with Gasteiger partial charge in [-0.2, -0.15) is 5.10 Å². The van der Waals surface area contributed by atoms with Crippen molar-refractivity contribution in [2.24, 2.45) is 0 Å². The van der Waals surface area contributed by atoms with Crippen LogP contribution in [0.4, 0.5) is 14.5 Å². The maximum Gasteiger partial charge on any atom is 0.263 e. The largest absolute Gasteiger partial charge is 0.361 e. The Morgan fingerprint density at radius 3 is 2.64 bits per heavy atom. The lowest BCUT2D eigenvalue weighted by Crippen LogP contribution is -2.22. The van der Waals surface area contributed by atoms with Crippen LogP contribution in [0.2, 0.25) is 30.7 Å². The number of sulfonamides is 1. The van der Waals surface area contributed by atoms with Crippen LogP contribution in [0, 0.1) is 18.6 Å². The van der Waals surface area contributed by atoms with E-state index in [1.54, 1.807) is 18.5 Å². The van der Waals surface area contributed by atoms with E-state index < -0.39 is 41.0 Å². The number of benzene rings is 1. The Labute approximate surface area is 247 Å². The number of hydrogen-bond donors (Lipinski definition) is 1. The maximum atomic E-state index is 15.6. The van der Waals surface area contributed by atoms with Crippen molar-refractivity contribution in [1.82, 2.24) is 29.1 Å². The zero-order valence-electron chi connectivity index (χ0n) is 23.3. The summed E-state index contributed by atoms with van der Waals surface area (Å²) in [6.07, 6.45) is 6.14. The summed E-state index contributed by atoms with van der Waals surface area (Å²) in [5.74, 6) is -1.50. The van der Waals surface area contributed by atoms with E-state index in [9.17, 15) is 12.8 Å². The van der Waals surface area contributed by atoms with Gasteiger partial charge in [-0.25, -0.2) is 31.7 Å². The zero-order chi connectivity index (χ0) is 30.2. The van der Waals surface area contributed by atoms with Gasteiger partial charge in [0, 0.05) is 33.3 Å². The highest BCUT2D eigenvalue weighted by molar-refractivity contribution is 7.92. The van der Waals surface area contributed by atoms with E-state index in [1.807, 2.05) is 4.57 Å². The van der Waals surface area contributed by atoms with Crippen molar-refractivity contribution in [1.29, 1.82) is 0 Å². The molecule has 0 radical (unpaired) electrons. The van der Waals surface area contributed by atoms with Gasteiger partial charge in [0.2, 0.25) is 0 Å². The van der Waals surface area contributed by atoms with Crippen LogP contribution in [0.5, 0.6) is 0 Å². The maximum absolute atomic E-state index is 15.6. The quantitative estimate of drug-likeness (QED) is 0.148. The van der Waals surface area contributed by atoms with Crippen LogP contribution in [0.1, 0.15) is 5.69 Å². The van der Waals surface area contributed by atoms with E-state index in [2.05, 4.69) is 44.4 Å². The predicted octanol–water partition coefficient (Wildman–Crippen LogP) is 6.01. The first-order chi connectivity index (χ1) is 19.8. The summed E-state index contributed by atoms with van der Waals surface area (Å²) < 4.78 is 67.8. The third-order valence-corrected chi connectivity index (χ3v) is 9.83. The molecule has 1 N–H and O–H groups in total. The van der Waals surface area contributed by atoms with Crippen LogP contribution < -0.4 is 4.72 Å². The van der Waals surface area contributed by atoms with Gasteiger partial charge in [0.1, 0.15) is 29.5 Å². The van der Waals surface area contributed by atoms with Gasteiger partial charge in [-0.05, 0) is 43.3 Å². The number of nitrogens with one attached hydrogen (secondary N) is 1. The van der Waals surface area contributed by atoms with E-state index in [0.29, 0.717) is 30.4 Å². The van der Waals surface area contributed by atoms with Gasteiger partial charge in [-0.15, -0.1) is 0 Å². The van der Waals surface area contributed by atoms with Gasteiger partial charge in [-0.1, -0.05) is 31.2 Å². The van der Waals surface area contributed by atoms with Crippen molar-refractivity contribution in [2.45, 2.75) is 44.2 Å². The molecule has 42 heavy (non-hydrogen) atoms. The molecule has 0 aliphatic carbocycles. The van der Waals surface area contributed by atoms with Crippen LogP contribution in [-0.2, 0) is 21.5 Å². The van der Waals surface area contributed by atoms with Crippen molar-refractivity contribution in [3.05, 3.63) is 77.6 Å². The molecule has 0 aliphatic rings. The molecule has 4 aromatic heterocycles. The standard InChI is InChI=1S/C27H28ClF2N7O3SSi/c1-17-23(13-18(28)14-32-17)41(38,39)35-21-6-5-19(29)24(25(21)30)20-7-8-22-26(33-15-37(22)34-20)27-31-9-10-36(27)16-40-11-12-42(2,3)4/h5-10,13-15,35H,11-12,16H2,1-4H3. The second-order valence-corrected chi connectivity index (χ2v) is 18.5. The Morgan fingerprint density at radius 2 is 1.88 bits per heavy atom. The number of fused-ring (bicyclic) bond motifs is 1. The molecular weight excluding hydrogens is 604 g/mol. The van der Waals surface area contributed by atoms with Crippen LogP contribution in [0.15, 0.2) is 60.1 Å². The lowest BCUT2D eigenvalue weighted by atomic mass is 10.1. The fraction of sp³-hybridized carbons (Fsp3) is 0.259. The topological polar surface area (TPSA) is 116 Å². The number of nitrogens with zero attached hydrogens (tertiary/aromatic N) is 6. The first kappa shape index (κ1) is 29.8. The molecule has 4 heterocycles. The Balaban J connectivity index is 1.44. The van der Waals surface area contributed by atoms with Gasteiger partial charge in [0.25, 0.3) is 10.0 Å². The number of rotatable bonds is 10. The second kappa shape index (κ2) is 11.5. The number of aryl methyl sites for hydroxylation is 1. The molecular formula is C27H28ClF2N7O3SSi. The summed E-state index contributed by atoms with van der Waals surface area (Å²) in [4.78, 5) is 12.6. The first-order valence-corrected chi connectivity index (χ1v) is 18.5. The number of ether oxygens (including phenoxy) is 1. The van der Waals surface area contributed by atoms with E-state index in [4.69, 9.17) is 16.3 Å². The lowest BCUT2D eigenvalue weighted by Gasteiger charge is -2.16. The minimum absolute atomic E-state index is 0.0684. The molecule has 0 saturated heterocycles. The number of anilines is 1. The zero-order valence-corrected chi connectivity index (χ0v) is 25.8. The Bertz CT molecular complexity index is 1890. The molecule has 0 unspecified atom stereocenters. The van der Waals surface area contributed by atoms with Gasteiger partial charge >= 0.3 is 0 Å². The van der Waals surface area contributed by atoms with Gasteiger partial charge in [0.15, 0.2) is 11.6 Å².